The third-order valence-electron chi connectivity index (χ3n) is 8.68. The van der Waals surface area contributed by atoms with Crippen LogP contribution in [0.3, 0.4) is 0 Å². The van der Waals surface area contributed by atoms with Crippen molar-refractivity contribution >= 4 is 23.4 Å². The summed E-state index contributed by atoms with van der Waals surface area (Å²) in [6.07, 6.45) is 0.364. The van der Waals surface area contributed by atoms with E-state index in [2.05, 4.69) is 11.5 Å². The summed E-state index contributed by atoms with van der Waals surface area (Å²) < 4.78 is 0. The van der Waals surface area contributed by atoms with E-state index < -0.39 is 11.3 Å². The molecule has 6 nitrogen and oxygen atoms in total. The zero-order valence-electron chi connectivity index (χ0n) is 22.4. The molecule has 6 heteroatoms. The van der Waals surface area contributed by atoms with Crippen molar-refractivity contribution in [3.8, 4) is 0 Å². The van der Waals surface area contributed by atoms with Gasteiger partial charge in [-0.05, 0) is 43.1 Å². The van der Waals surface area contributed by atoms with E-state index in [4.69, 9.17) is 0 Å². The average Bonchev–Trinajstić information content (AvgIpc) is 3.48. The molecule has 3 heterocycles. The van der Waals surface area contributed by atoms with Crippen LogP contribution in [0.2, 0.25) is 0 Å². The van der Waals surface area contributed by atoms with E-state index in [1.807, 2.05) is 104 Å². The van der Waals surface area contributed by atoms with Crippen LogP contribution >= 0.6 is 0 Å². The SMILES string of the molecule is C=C(CN1C(=O)[C@H]2[C@H](CN(C)[C@@H]2c2ccccc2)C1=O)C[C@]1(C)C(=O)N(Cc2ccccc2)c2ccccc21. The Morgan fingerprint density at radius 3 is 2.23 bits per heavy atom. The first-order valence-corrected chi connectivity index (χ1v) is 13.5. The van der Waals surface area contributed by atoms with Crippen LogP contribution < -0.4 is 4.90 Å². The first-order chi connectivity index (χ1) is 18.8. The van der Waals surface area contributed by atoms with Gasteiger partial charge in [0.25, 0.3) is 0 Å². The summed E-state index contributed by atoms with van der Waals surface area (Å²) in [5.74, 6) is -1.02. The quantitative estimate of drug-likeness (QED) is 0.335. The zero-order chi connectivity index (χ0) is 27.3. The molecule has 4 atom stereocenters. The summed E-state index contributed by atoms with van der Waals surface area (Å²) in [6, 6.07) is 27.7. The van der Waals surface area contributed by atoms with Gasteiger partial charge in [0.1, 0.15) is 0 Å². The Balaban J connectivity index is 1.21. The number of rotatable bonds is 7. The number of nitrogens with zero attached hydrogens (tertiary/aromatic N) is 3. The van der Waals surface area contributed by atoms with Crippen molar-refractivity contribution in [3.63, 3.8) is 0 Å². The molecule has 0 spiro atoms. The van der Waals surface area contributed by atoms with Gasteiger partial charge in [-0.15, -0.1) is 0 Å². The molecule has 6 rings (SSSR count). The molecule has 0 aliphatic carbocycles. The number of para-hydroxylation sites is 1. The minimum atomic E-state index is -0.822. The average molecular weight is 520 g/mol. The van der Waals surface area contributed by atoms with E-state index in [1.54, 1.807) is 0 Å². The number of anilines is 1. The van der Waals surface area contributed by atoms with Crippen LogP contribution in [0, 0.1) is 11.8 Å². The van der Waals surface area contributed by atoms with Crippen LogP contribution in [0.4, 0.5) is 5.69 Å². The smallest absolute Gasteiger partial charge is 0.238 e. The van der Waals surface area contributed by atoms with Crippen molar-refractivity contribution in [3.05, 3.63) is 114 Å². The molecule has 3 aliphatic heterocycles. The molecule has 0 bridgehead atoms. The van der Waals surface area contributed by atoms with E-state index in [1.165, 1.54) is 4.90 Å². The van der Waals surface area contributed by atoms with Crippen molar-refractivity contribution in [2.75, 3.05) is 25.0 Å². The second-order valence-electron chi connectivity index (χ2n) is 11.3. The van der Waals surface area contributed by atoms with Gasteiger partial charge in [0, 0.05) is 24.8 Å². The number of benzene rings is 3. The van der Waals surface area contributed by atoms with Crippen molar-refractivity contribution < 1.29 is 14.4 Å². The van der Waals surface area contributed by atoms with Gasteiger partial charge in [-0.1, -0.05) is 91.0 Å². The Bertz CT molecular complexity index is 1450. The van der Waals surface area contributed by atoms with Gasteiger partial charge in [0.15, 0.2) is 0 Å². The monoisotopic (exact) mass is 519 g/mol. The van der Waals surface area contributed by atoms with Crippen molar-refractivity contribution in [1.29, 1.82) is 0 Å². The third-order valence-corrected chi connectivity index (χ3v) is 8.68. The number of carbonyl (C=O) groups excluding carboxylic acids is 3. The maximum Gasteiger partial charge on any atom is 0.238 e. The number of imide groups is 1. The van der Waals surface area contributed by atoms with Gasteiger partial charge in [-0.2, -0.15) is 0 Å². The molecular formula is C33H33N3O3. The molecule has 2 fully saturated rings. The number of carbonyl (C=O) groups is 3. The summed E-state index contributed by atoms with van der Waals surface area (Å²) in [6.45, 7) is 7.40. The van der Waals surface area contributed by atoms with Gasteiger partial charge < -0.3 is 4.90 Å². The summed E-state index contributed by atoms with van der Waals surface area (Å²) in [4.78, 5) is 46.4. The van der Waals surface area contributed by atoms with Crippen LogP contribution in [-0.2, 0) is 26.3 Å². The van der Waals surface area contributed by atoms with Crippen molar-refractivity contribution in [1.82, 2.24) is 9.80 Å². The van der Waals surface area contributed by atoms with Crippen LogP contribution in [-0.4, -0.2) is 47.7 Å². The predicted octanol–water partition coefficient (Wildman–Crippen LogP) is 4.73. The standard InChI is InChI=1S/C33H33N3O3/c1-22(19-36-30(37)25-21-34(3)29(28(25)31(36)38)24-14-8-5-9-15-24)18-33(2)26-16-10-11-17-27(26)35(32(33)39)20-23-12-6-4-7-13-23/h4-17,25,28-29H,1,18-21H2,2-3H3/t25-,28-,29+,33-/m0/s1. The van der Waals surface area contributed by atoms with Crippen LogP contribution in [0.1, 0.15) is 36.1 Å². The lowest BCUT2D eigenvalue weighted by molar-refractivity contribution is -0.140. The molecule has 0 radical (unpaired) electrons. The van der Waals surface area contributed by atoms with E-state index in [-0.39, 0.29) is 36.2 Å². The highest BCUT2D eigenvalue weighted by atomic mass is 16.2. The highest BCUT2D eigenvalue weighted by molar-refractivity contribution is 6.08. The minimum absolute atomic E-state index is 0.00964. The van der Waals surface area contributed by atoms with E-state index >= 15 is 0 Å². The molecule has 198 valence electrons. The van der Waals surface area contributed by atoms with Gasteiger partial charge in [-0.25, -0.2) is 0 Å². The molecule has 0 unspecified atom stereocenters. The van der Waals surface area contributed by atoms with Crippen molar-refractivity contribution in [2.24, 2.45) is 11.8 Å². The first-order valence-electron chi connectivity index (χ1n) is 13.5. The van der Waals surface area contributed by atoms with E-state index in [9.17, 15) is 14.4 Å². The predicted molar refractivity (Wildman–Crippen MR) is 151 cm³/mol. The molecule has 2 saturated heterocycles. The summed E-state index contributed by atoms with van der Waals surface area (Å²) in [7, 11) is 1.98. The number of hydrogen-bond acceptors (Lipinski definition) is 4. The summed E-state index contributed by atoms with van der Waals surface area (Å²) in [5.41, 5.74) is 3.84. The maximum absolute atomic E-state index is 13.9. The van der Waals surface area contributed by atoms with Gasteiger partial charge >= 0.3 is 0 Å². The van der Waals surface area contributed by atoms with Gasteiger partial charge in [0.05, 0.1) is 23.8 Å². The lowest BCUT2D eigenvalue weighted by Crippen LogP contribution is -2.40. The Morgan fingerprint density at radius 1 is 0.872 bits per heavy atom. The van der Waals surface area contributed by atoms with Crippen LogP contribution in [0.15, 0.2) is 97.1 Å². The molecular weight excluding hydrogens is 486 g/mol. The topological polar surface area (TPSA) is 60.9 Å². The molecule has 3 aliphatic rings. The Morgan fingerprint density at radius 2 is 1.51 bits per heavy atom. The number of amides is 3. The second kappa shape index (κ2) is 9.62. The molecule has 39 heavy (non-hydrogen) atoms. The van der Waals surface area contributed by atoms with E-state index in [0.717, 1.165) is 22.4 Å². The molecule has 0 saturated carbocycles. The summed E-state index contributed by atoms with van der Waals surface area (Å²) in [5, 5.41) is 0. The van der Waals surface area contributed by atoms with Crippen LogP contribution in [0.25, 0.3) is 0 Å². The molecule has 0 N–H and O–H groups in total. The number of likely N-dealkylation sites (tertiary alicyclic amines) is 2. The van der Waals surface area contributed by atoms with Gasteiger partial charge in [-0.3, -0.25) is 24.2 Å². The van der Waals surface area contributed by atoms with E-state index in [0.29, 0.717) is 25.1 Å². The Kier molecular flexibility index (Phi) is 6.23. The normalized spacial score (nSPS) is 26.3. The highest BCUT2D eigenvalue weighted by Gasteiger charge is 2.57. The lowest BCUT2D eigenvalue weighted by atomic mass is 9.78. The minimum Gasteiger partial charge on any atom is -0.307 e. The Labute approximate surface area is 229 Å². The fraction of sp³-hybridized carbons (Fsp3) is 0.303. The van der Waals surface area contributed by atoms with Crippen molar-refractivity contribution in [2.45, 2.75) is 31.3 Å². The van der Waals surface area contributed by atoms with Crippen LogP contribution in [0.5, 0.6) is 0 Å². The maximum atomic E-state index is 13.9. The largest absolute Gasteiger partial charge is 0.307 e. The lowest BCUT2D eigenvalue weighted by Gasteiger charge is -2.28. The molecule has 3 aromatic carbocycles. The number of fused-ring (bicyclic) bond motifs is 2. The summed E-state index contributed by atoms with van der Waals surface area (Å²) >= 11 is 0. The molecule has 3 amide bonds. The zero-order valence-corrected chi connectivity index (χ0v) is 22.4. The number of hydrogen-bond donors (Lipinski definition) is 0. The molecule has 3 aromatic rings. The Hall–Kier alpha value is -4.03. The van der Waals surface area contributed by atoms with Gasteiger partial charge in [0.2, 0.25) is 17.7 Å². The third kappa shape index (κ3) is 4.10. The second-order valence-corrected chi connectivity index (χ2v) is 11.3. The first kappa shape index (κ1) is 25.3. The highest BCUT2D eigenvalue weighted by Crippen LogP contribution is 2.48. The fourth-order valence-corrected chi connectivity index (χ4v) is 6.90. The fourth-order valence-electron chi connectivity index (χ4n) is 6.90. The molecule has 0 aromatic heterocycles.